The first-order chi connectivity index (χ1) is 10.3. The third kappa shape index (κ3) is 12.2. The van der Waals surface area contributed by atoms with Gasteiger partial charge in [-0.25, -0.2) is 0 Å². The molecular weight excluding hydrogens is 272 g/mol. The lowest BCUT2D eigenvalue weighted by atomic mass is 10.3. The van der Waals surface area contributed by atoms with Gasteiger partial charge in [0.1, 0.15) is 12.6 Å². The molecule has 0 fully saturated rings. The Morgan fingerprint density at radius 1 is 0.762 bits per heavy atom. The number of carbonyl (C=O) groups is 2. The van der Waals surface area contributed by atoms with Crippen LogP contribution in [0, 0.1) is 0 Å². The van der Waals surface area contributed by atoms with Gasteiger partial charge in [0.25, 0.3) is 0 Å². The zero-order valence-corrected chi connectivity index (χ0v) is 12.9. The highest BCUT2D eigenvalue weighted by Crippen LogP contribution is 2.07. The normalized spacial score (nSPS) is 14.6. The zero-order chi connectivity index (χ0) is 15.8. The van der Waals surface area contributed by atoms with Gasteiger partial charge in [-0.3, -0.25) is 0 Å². The number of ether oxygens (including phenoxy) is 3. The Balaban J connectivity index is 4.41. The maximum absolute atomic E-state index is 10.3. The monoisotopic (exact) mass is 298 g/mol. The number of carbonyl (C=O) groups excluding carboxylic acids is 2. The van der Waals surface area contributed by atoms with Gasteiger partial charge in [0, 0.05) is 26.1 Å². The molecule has 0 bridgehead atoms. The highest BCUT2D eigenvalue weighted by atomic mass is 16.8. The molecule has 0 amide bonds. The molecule has 0 radical (unpaired) electrons. The minimum absolute atomic E-state index is 0.482. The Kier molecular flexibility index (Phi) is 14.2. The molecule has 0 spiro atoms. The smallest absolute Gasteiger partial charge is 0.180 e. The van der Waals surface area contributed by atoms with Gasteiger partial charge in [-0.2, -0.15) is 0 Å². The van der Waals surface area contributed by atoms with Gasteiger partial charge in [0.15, 0.2) is 12.6 Å². The van der Waals surface area contributed by atoms with Crippen molar-refractivity contribution in [2.45, 2.75) is 52.1 Å². The first-order valence-electron chi connectivity index (χ1n) is 7.37. The SMILES string of the molecule is CCOC(C=CCCC=O)OC(C=CCCC=O)OCC. The molecule has 5 nitrogen and oxygen atoms in total. The maximum atomic E-state index is 10.3. The van der Waals surface area contributed by atoms with Crippen LogP contribution in [0.5, 0.6) is 0 Å². The van der Waals surface area contributed by atoms with Crippen LogP contribution in [0.25, 0.3) is 0 Å². The van der Waals surface area contributed by atoms with Crippen molar-refractivity contribution in [3.8, 4) is 0 Å². The minimum Gasteiger partial charge on any atom is -0.349 e. The van der Waals surface area contributed by atoms with Crippen molar-refractivity contribution in [3.63, 3.8) is 0 Å². The largest absolute Gasteiger partial charge is 0.349 e. The van der Waals surface area contributed by atoms with Crippen molar-refractivity contribution < 1.29 is 23.8 Å². The van der Waals surface area contributed by atoms with E-state index in [4.69, 9.17) is 14.2 Å². The zero-order valence-electron chi connectivity index (χ0n) is 12.9. The molecule has 21 heavy (non-hydrogen) atoms. The van der Waals surface area contributed by atoms with E-state index in [-0.39, 0.29) is 0 Å². The second-order valence-corrected chi connectivity index (χ2v) is 4.13. The van der Waals surface area contributed by atoms with Gasteiger partial charge in [0.2, 0.25) is 0 Å². The van der Waals surface area contributed by atoms with Crippen LogP contribution in [0.3, 0.4) is 0 Å². The predicted octanol–water partition coefficient (Wildman–Crippen LogP) is 2.80. The summed E-state index contributed by atoms with van der Waals surface area (Å²) in [5.41, 5.74) is 0. The summed E-state index contributed by atoms with van der Waals surface area (Å²) < 4.78 is 16.6. The van der Waals surface area contributed by atoms with Crippen LogP contribution < -0.4 is 0 Å². The quantitative estimate of drug-likeness (QED) is 0.213. The molecule has 0 aromatic carbocycles. The Labute approximate surface area is 126 Å². The molecule has 0 aliphatic heterocycles. The van der Waals surface area contributed by atoms with Crippen LogP contribution in [-0.2, 0) is 23.8 Å². The molecule has 0 saturated heterocycles. The summed E-state index contributed by atoms with van der Waals surface area (Å²) in [6.07, 6.45) is 10.3. The molecule has 2 unspecified atom stereocenters. The number of hydrogen-bond donors (Lipinski definition) is 0. The molecular formula is C16H26O5. The highest BCUT2D eigenvalue weighted by Gasteiger charge is 2.11. The van der Waals surface area contributed by atoms with Crippen molar-refractivity contribution in [3.05, 3.63) is 24.3 Å². The van der Waals surface area contributed by atoms with Gasteiger partial charge < -0.3 is 23.8 Å². The number of aldehydes is 2. The number of rotatable bonds is 14. The Morgan fingerprint density at radius 2 is 1.19 bits per heavy atom. The van der Waals surface area contributed by atoms with Crippen LogP contribution in [0.15, 0.2) is 24.3 Å². The molecule has 120 valence electrons. The van der Waals surface area contributed by atoms with E-state index in [0.717, 1.165) is 12.6 Å². The molecule has 5 heteroatoms. The summed E-state index contributed by atoms with van der Waals surface area (Å²) in [6, 6.07) is 0. The summed E-state index contributed by atoms with van der Waals surface area (Å²) in [7, 11) is 0. The standard InChI is InChI=1S/C16H26O5/c1-3-19-15(11-7-5-9-13-17)21-16(20-4-2)12-8-6-10-14-18/h7-8,11-16H,3-6,9-10H2,1-2H3. The van der Waals surface area contributed by atoms with Crippen molar-refractivity contribution in [2.75, 3.05) is 13.2 Å². The highest BCUT2D eigenvalue weighted by molar-refractivity contribution is 5.49. The van der Waals surface area contributed by atoms with Crippen LogP contribution >= 0.6 is 0 Å². The number of allylic oxidation sites excluding steroid dienone is 2. The topological polar surface area (TPSA) is 61.8 Å². The Morgan fingerprint density at radius 3 is 1.52 bits per heavy atom. The second kappa shape index (κ2) is 15.1. The molecule has 0 heterocycles. The number of unbranched alkanes of at least 4 members (excludes halogenated alkanes) is 2. The van der Waals surface area contributed by atoms with Crippen LogP contribution in [0.2, 0.25) is 0 Å². The minimum atomic E-state index is -0.520. The summed E-state index contributed by atoms with van der Waals surface area (Å²) in [6.45, 7) is 4.78. The van der Waals surface area contributed by atoms with E-state index in [9.17, 15) is 9.59 Å². The molecule has 0 aromatic heterocycles. The first kappa shape index (κ1) is 19.7. The fourth-order valence-electron chi connectivity index (χ4n) is 1.48. The molecule has 0 N–H and O–H groups in total. The number of hydrogen-bond acceptors (Lipinski definition) is 5. The average molecular weight is 298 g/mol. The van der Waals surface area contributed by atoms with E-state index in [0.29, 0.717) is 38.9 Å². The van der Waals surface area contributed by atoms with E-state index >= 15 is 0 Å². The van der Waals surface area contributed by atoms with E-state index < -0.39 is 12.6 Å². The van der Waals surface area contributed by atoms with E-state index in [2.05, 4.69) is 0 Å². The molecule has 0 saturated carbocycles. The molecule has 0 aliphatic rings. The third-order valence-corrected chi connectivity index (χ3v) is 2.42. The third-order valence-electron chi connectivity index (χ3n) is 2.42. The molecule has 2 atom stereocenters. The van der Waals surface area contributed by atoms with Crippen molar-refractivity contribution in [1.29, 1.82) is 0 Å². The molecule has 0 aliphatic carbocycles. The lowest BCUT2D eigenvalue weighted by molar-refractivity contribution is -0.204. The Hall–Kier alpha value is -1.30. The van der Waals surface area contributed by atoms with Gasteiger partial charge in [-0.15, -0.1) is 0 Å². The average Bonchev–Trinajstić information content (AvgIpc) is 2.48. The van der Waals surface area contributed by atoms with Crippen LogP contribution in [-0.4, -0.2) is 38.4 Å². The fraction of sp³-hybridized carbons (Fsp3) is 0.625. The van der Waals surface area contributed by atoms with E-state index in [1.54, 1.807) is 12.2 Å². The second-order valence-electron chi connectivity index (χ2n) is 4.13. The maximum Gasteiger partial charge on any atom is 0.180 e. The van der Waals surface area contributed by atoms with Gasteiger partial charge in [-0.1, -0.05) is 12.2 Å². The first-order valence-corrected chi connectivity index (χ1v) is 7.37. The van der Waals surface area contributed by atoms with Gasteiger partial charge >= 0.3 is 0 Å². The Bertz CT molecular complexity index is 282. The van der Waals surface area contributed by atoms with Crippen LogP contribution in [0.4, 0.5) is 0 Å². The lowest BCUT2D eigenvalue weighted by Gasteiger charge is -2.20. The van der Waals surface area contributed by atoms with E-state index in [1.807, 2.05) is 26.0 Å². The van der Waals surface area contributed by atoms with Crippen LogP contribution in [0.1, 0.15) is 39.5 Å². The fourth-order valence-corrected chi connectivity index (χ4v) is 1.48. The predicted molar refractivity (Wildman–Crippen MR) is 80.8 cm³/mol. The van der Waals surface area contributed by atoms with Crippen molar-refractivity contribution in [2.24, 2.45) is 0 Å². The van der Waals surface area contributed by atoms with Crippen molar-refractivity contribution in [1.82, 2.24) is 0 Å². The van der Waals surface area contributed by atoms with Crippen molar-refractivity contribution >= 4 is 12.6 Å². The molecule has 0 rings (SSSR count). The lowest BCUT2D eigenvalue weighted by Crippen LogP contribution is -2.24. The summed E-state index contributed by atoms with van der Waals surface area (Å²) in [4.78, 5) is 20.5. The summed E-state index contributed by atoms with van der Waals surface area (Å²) >= 11 is 0. The summed E-state index contributed by atoms with van der Waals surface area (Å²) in [5, 5.41) is 0. The summed E-state index contributed by atoms with van der Waals surface area (Å²) in [5.74, 6) is 0. The van der Waals surface area contributed by atoms with E-state index in [1.165, 1.54) is 0 Å². The van der Waals surface area contributed by atoms with Gasteiger partial charge in [-0.05, 0) is 38.8 Å². The van der Waals surface area contributed by atoms with Gasteiger partial charge in [0.05, 0.1) is 0 Å². The molecule has 0 aromatic rings.